The molecule has 60 heavy (non-hydrogen) atoms. The molecule has 284 valence electrons. The van der Waals surface area contributed by atoms with Crippen LogP contribution in [0.15, 0.2) is 211 Å². The zero-order valence-electron chi connectivity index (χ0n) is 32.9. The number of benzene rings is 9. The second-order valence-electron chi connectivity index (χ2n) is 15.9. The Labute approximate surface area is 353 Å². The third-order valence-electron chi connectivity index (χ3n) is 12.5. The normalized spacial score (nSPS) is 13.7. The summed E-state index contributed by atoms with van der Waals surface area (Å²) in [6.07, 6.45) is 1.93. The van der Waals surface area contributed by atoms with Crippen LogP contribution in [-0.2, 0) is 6.42 Å². The van der Waals surface area contributed by atoms with E-state index in [1.807, 2.05) is 11.3 Å². The first-order chi connectivity index (χ1) is 29.7. The van der Waals surface area contributed by atoms with Crippen molar-refractivity contribution >= 4 is 70.5 Å². The standard InChI is InChI=1S/C57H39NOS/c1-3-13-37(14-4-1)38-23-25-40(26-24-38)56-55-41(35-52-57(56)49-20-9-11-21-51(49)59-52)29-33-45(46-17-7-8-19-48(46)55)39-27-30-43(31-28-39)58(42-15-5-2-6-16-42)44-32-34-54-50(36-44)47-18-10-12-22-53(47)60-54/h1-28,30-32,34-36,45H,29,33H2. The van der Waals surface area contributed by atoms with Crippen LogP contribution in [0, 0.1) is 0 Å². The number of anilines is 3. The molecule has 0 aliphatic heterocycles. The minimum Gasteiger partial charge on any atom is -0.456 e. The lowest BCUT2D eigenvalue weighted by Gasteiger charge is -2.26. The van der Waals surface area contributed by atoms with Gasteiger partial charge in [0.1, 0.15) is 11.2 Å². The molecule has 11 aromatic rings. The van der Waals surface area contributed by atoms with Crippen molar-refractivity contribution in [3.8, 4) is 33.4 Å². The average Bonchev–Trinajstić information content (AvgIpc) is 3.83. The number of nitrogens with zero attached hydrogens (tertiary/aromatic N) is 1. The van der Waals surface area contributed by atoms with Crippen molar-refractivity contribution in [2.45, 2.75) is 18.8 Å². The molecule has 0 saturated carbocycles. The highest BCUT2D eigenvalue weighted by molar-refractivity contribution is 7.25. The second-order valence-corrected chi connectivity index (χ2v) is 17.0. The fourth-order valence-electron chi connectivity index (χ4n) is 9.76. The monoisotopic (exact) mass is 785 g/mol. The smallest absolute Gasteiger partial charge is 0.136 e. The van der Waals surface area contributed by atoms with E-state index < -0.39 is 0 Å². The van der Waals surface area contributed by atoms with Gasteiger partial charge < -0.3 is 9.32 Å². The Hall–Kier alpha value is -7.20. The minimum absolute atomic E-state index is 0.220. The first-order valence-corrected chi connectivity index (χ1v) is 21.7. The van der Waals surface area contributed by atoms with Crippen LogP contribution in [0.2, 0.25) is 0 Å². The zero-order valence-corrected chi connectivity index (χ0v) is 33.7. The molecule has 0 radical (unpaired) electrons. The molecule has 12 rings (SSSR count). The maximum absolute atomic E-state index is 6.66. The van der Waals surface area contributed by atoms with Crippen LogP contribution in [0.25, 0.3) is 75.5 Å². The zero-order chi connectivity index (χ0) is 39.6. The molecular formula is C57H39NOS. The summed E-state index contributed by atoms with van der Waals surface area (Å²) >= 11 is 1.86. The fourth-order valence-corrected chi connectivity index (χ4v) is 10.8. The van der Waals surface area contributed by atoms with Crippen molar-refractivity contribution in [2.24, 2.45) is 0 Å². The number of aryl methyl sites for hydroxylation is 1. The predicted molar refractivity (Wildman–Crippen MR) is 254 cm³/mol. The van der Waals surface area contributed by atoms with E-state index in [2.05, 4.69) is 211 Å². The second kappa shape index (κ2) is 14.3. The van der Waals surface area contributed by atoms with Gasteiger partial charge >= 0.3 is 0 Å². The van der Waals surface area contributed by atoms with Gasteiger partial charge in [-0.25, -0.2) is 0 Å². The molecule has 2 aromatic heterocycles. The molecule has 2 nitrogen and oxygen atoms in total. The topological polar surface area (TPSA) is 16.4 Å². The average molecular weight is 786 g/mol. The van der Waals surface area contributed by atoms with Crippen molar-refractivity contribution in [3.63, 3.8) is 0 Å². The van der Waals surface area contributed by atoms with E-state index in [9.17, 15) is 0 Å². The van der Waals surface area contributed by atoms with Crippen LogP contribution < -0.4 is 4.90 Å². The molecule has 0 bridgehead atoms. The van der Waals surface area contributed by atoms with Gasteiger partial charge in [0.25, 0.3) is 0 Å². The summed E-state index contributed by atoms with van der Waals surface area (Å²) in [7, 11) is 0. The molecule has 1 unspecified atom stereocenters. The van der Waals surface area contributed by atoms with Crippen LogP contribution in [-0.4, -0.2) is 0 Å². The van der Waals surface area contributed by atoms with Crippen molar-refractivity contribution in [1.29, 1.82) is 0 Å². The van der Waals surface area contributed by atoms with E-state index in [0.717, 1.165) is 46.5 Å². The molecule has 0 spiro atoms. The highest BCUT2D eigenvalue weighted by atomic mass is 32.1. The maximum Gasteiger partial charge on any atom is 0.136 e. The number of para-hydroxylation sites is 2. The summed E-state index contributed by atoms with van der Waals surface area (Å²) in [5.41, 5.74) is 16.9. The number of fused-ring (bicyclic) bond motifs is 9. The molecule has 2 heterocycles. The molecule has 0 N–H and O–H groups in total. The Kier molecular flexibility index (Phi) is 8.28. The van der Waals surface area contributed by atoms with Crippen molar-refractivity contribution in [2.75, 3.05) is 4.90 Å². The van der Waals surface area contributed by atoms with E-state index in [1.165, 1.54) is 75.6 Å². The lowest BCUT2D eigenvalue weighted by molar-refractivity contribution is 0.667. The van der Waals surface area contributed by atoms with Crippen LogP contribution in [0.1, 0.15) is 29.0 Å². The lowest BCUT2D eigenvalue weighted by Crippen LogP contribution is -2.10. The number of furan rings is 1. The van der Waals surface area contributed by atoms with Crippen LogP contribution in [0.3, 0.4) is 0 Å². The van der Waals surface area contributed by atoms with Crippen molar-refractivity contribution in [1.82, 2.24) is 0 Å². The Morgan fingerprint density at radius 3 is 1.92 bits per heavy atom. The lowest BCUT2D eigenvalue weighted by atomic mass is 9.83. The summed E-state index contributed by atoms with van der Waals surface area (Å²) in [5.74, 6) is 0.220. The van der Waals surface area contributed by atoms with Gasteiger partial charge in [-0.1, -0.05) is 146 Å². The summed E-state index contributed by atoms with van der Waals surface area (Å²) in [6.45, 7) is 0. The van der Waals surface area contributed by atoms with E-state index >= 15 is 0 Å². The largest absolute Gasteiger partial charge is 0.456 e. The van der Waals surface area contributed by atoms with E-state index in [1.54, 1.807) is 0 Å². The van der Waals surface area contributed by atoms with Crippen molar-refractivity contribution < 1.29 is 4.42 Å². The Morgan fingerprint density at radius 1 is 0.450 bits per heavy atom. The first-order valence-electron chi connectivity index (χ1n) is 20.8. The number of thiophene rings is 1. The van der Waals surface area contributed by atoms with Gasteiger partial charge in [0.05, 0.1) is 0 Å². The Bertz CT molecular complexity index is 3360. The molecule has 1 atom stereocenters. The maximum atomic E-state index is 6.66. The Balaban J connectivity index is 0.981. The predicted octanol–water partition coefficient (Wildman–Crippen LogP) is 16.5. The molecule has 0 amide bonds. The van der Waals surface area contributed by atoms with Gasteiger partial charge in [-0.15, -0.1) is 11.3 Å². The van der Waals surface area contributed by atoms with Gasteiger partial charge in [-0.05, 0) is 118 Å². The SMILES string of the molecule is c1ccc(-c2ccc(-c3c4c(cc5oc6ccccc6c35)CCC(c3ccc(N(c5ccccc5)c5ccc6sc7ccccc7c6c5)cc3)c3ccccc3-4)cc2)cc1. The summed E-state index contributed by atoms with van der Waals surface area (Å²) < 4.78 is 9.29. The highest BCUT2D eigenvalue weighted by Gasteiger charge is 2.29. The van der Waals surface area contributed by atoms with Gasteiger partial charge in [0.15, 0.2) is 0 Å². The van der Waals surface area contributed by atoms with Gasteiger partial charge in [-0.3, -0.25) is 0 Å². The Morgan fingerprint density at radius 2 is 1.08 bits per heavy atom. The molecule has 9 aromatic carbocycles. The van der Waals surface area contributed by atoms with Gasteiger partial charge in [-0.2, -0.15) is 0 Å². The molecule has 0 saturated heterocycles. The fraction of sp³-hybridized carbons (Fsp3) is 0.0526. The third-order valence-corrected chi connectivity index (χ3v) is 13.7. The molecular weight excluding hydrogens is 747 g/mol. The van der Waals surface area contributed by atoms with E-state index in [0.29, 0.717) is 0 Å². The summed E-state index contributed by atoms with van der Waals surface area (Å²) in [6, 6.07) is 75.5. The summed E-state index contributed by atoms with van der Waals surface area (Å²) in [4.78, 5) is 2.39. The quantitative estimate of drug-likeness (QED) is 0.167. The van der Waals surface area contributed by atoms with Crippen LogP contribution in [0.4, 0.5) is 17.1 Å². The number of rotatable bonds is 6. The van der Waals surface area contributed by atoms with Gasteiger partial charge in [0, 0.05) is 59.5 Å². The molecule has 3 heteroatoms. The number of hydrogen-bond donors (Lipinski definition) is 0. The van der Waals surface area contributed by atoms with E-state index in [-0.39, 0.29) is 5.92 Å². The summed E-state index contributed by atoms with van der Waals surface area (Å²) in [5, 5.41) is 4.94. The van der Waals surface area contributed by atoms with Crippen molar-refractivity contribution in [3.05, 3.63) is 223 Å². The minimum atomic E-state index is 0.220. The molecule has 1 aliphatic rings. The van der Waals surface area contributed by atoms with Crippen LogP contribution in [0.5, 0.6) is 0 Å². The molecule has 1 aliphatic carbocycles. The highest BCUT2D eigenvalue weighted by Crippen LogP contribution is 2.50. The third kappa shape index (κ3) is 5.77. The van der Waals surface area contributed by atoms with Crippen LogP contribution >= 0.6 is 11.3 Å². The first kappa shape index (κ1) is 34.8. The number of hydrogen-bond acceptors (Lipinski definition) is 3. The van der Waals surface area contributed by atoms with Gasteiger partial charge in [0.2, 0.25) is 0 Å². The van der Waals surface area contributed by atoms with E-state index in [4.69, 9.17) is 4.42 Å². The molecule has 0 fully saturated rings.